The second kappa shape index (κ2) is 3.83. The Bertz CT molecular complexity index is 645. The normalized spacial score (nSPS) is 10.7. The number of carbonyl (C=O) groups is 1. The molecule has 1 heterocycles. The van der Waals surface area contributed by atoms with Crippen molar-refractivity contribution >= 4 is 32.7 Å². The molecule has 0 unspecified atom stereocenters. The van der Waals surface area contributed by atoms with E-state index in [4.69, 9.17) is 4.42 Å². The molecule has 0 spiro atoms. The minimum Gasteiger partial charge on any atom is -0.451 e. The summed E-state index contributed by atoms with van der Waals surface area (Å²) in [6.45, 7) is 1.27. The molecule has 0 radical (unpaired) electrons. The van der Waals surface area contributed by atoms with Gasteiger partial charge in [-0.25, -0.2) is 4.39 Å². The van der Waals surface area contributed by atoms with Gasteiger partial charge in [-0.05, 0) is 28.1 Å². The third kappa shape index (κ3) is 1.57. The highest BCUT2D eigenvalue weighted by molar-refractivity contribution is 9.10. The molecule has 5 heteroatoms. The Morgan fingerprint density at radius 1 is 1.44 bits per heavy atom. The van der Waals surface area contributed by atoms with E-state index < -0.39 is 17.0 Å². The Kier molecular flexibility index (Phi) is 2.63. The minimum absolute atomic E-state index is 0.0439. The van der Waals surface area contributed by atoms with Crippen LogP contribution in [0.2, 0.25) is 0 Å². The Balaban J connectivity index is 3.00. The predicted octanol–water partition coefficient (Wildman–Crippen LogP) is 2.90. The van der Waals surface area contributed by atoms with Gasteiger partial charge in [0.05, 0.1) is 0 Å². The summed E-state index contributed by atoms with van der Waals surface area (Å²) in [5.41, 5.74) is -0.511. The lowest BCUT2D eigenvalue weighted by atomic mass is 10.2. The number of ketones is 1. The number of fused-ring (bicyclic) bond motifs is 1. The number of hydrogen-bond acceptors (Lipinski definition) is 3. The molecule has 0 N–H and O–H groups in total. The molecule has 2 aromatic rings. The maximum atomic E-state index is 13.4. The van der Waals surface area contributed by atoms with Crippen molar-refractivity contribution in [3.8, 4) is 0 Å². The molecule has 0 saturated heterocycles. The molecule has 0 saturated carbocycles. The summed E-state index contributed by atoms with van der Waals surface area (Å²) in [6, 6.07) is 4.02. The van der Waals surface area contributed by atoms with Crippen LogP contribution >= 0.6 is 15.9 Å². The first-order valence-electron chi connectivity index (χ1n) is 4.44. The van der Waals surface area contributed by atoms with E-state index in [0.717, 1.165) is 0 Å². The fourth-order valence-corrected chi connectivity index (χ4v) is 1.96. The van der Waals surface area contributed by atoms with Crippen molar-refractivity contribution < 1.29 is 13.6 Å². The lowest BCUT2D eigenvalue weighted by molar-refractivity contribution is 0.0986. The number of hydrogen-bond donors (Lipinski definition) is 0. The van der Waals surface area contributed by atoms with Crippen LogP contribution in [0.25, 0.3) is 11.0 Å². The second-order valence-corrected chi connectivity index (χ2v) is 4.04. The maximum Gasteiger partial charge on any atom is 0.210 e. The van der Waals surface area contributed by atoms with Crippen LogP contribution in [0.1, 0.15) is 17.5 Å². The van der Waals surface area contributed by atoms with Crippen LogP contribution in [0, 0.1) is 5.82 Å². The van der Waals surface area contributed by atoms with E-state index in [1.54, 1.807) is 0 Å². The van der Waals surface area contributed by atoms with E-state index in [0.29, 0.717) is 0 Å². The molecule has 0 aliphatic heterocycles. The molecule has 16 heavy (non-hydrogen) atoms. The van der Waals surface area contributed by atoms with Crippen LogP contribution in [0.15, 0.2) is 31.9 Å². The predicted molar refractivity (Wildman–Crippen MR) is 60.1 cm³/mol. The molecule has 0 fully saturated rings. The molecular weight excluding hydrogens is 279 g/mol. The van der Waals surface area contributed by atoms with Crippen LogP contribution in [0.4, 0.5) is 4.39 Å². The van der Waals surface area contributed by atoms with E-state index in [2.05, 4.69) is 15.9 Å². The van der Waals surface area contributed by atoms with Crippen LogP contribution in [0.3, 0.4) is 0 Å². The Morgan fingerprint density at radius 2 is 2.12 bits per heavy atom. The van der Waals surface area contributed by atoms with E-state index in [9.17, 15) is 14.0 Å². The van der Waals surface area contributed by atoms with Crippen LogP contribution in [-0.4, -0.2) is 5.78 Å². The SMILES string of the molecule is CC(=O)c1oc2cccc(F)c2c(=O)c1Br. The fourth-order valence-electron chi connectivity index (χ4n) is 1.40. The third-order valence-corrected chi connectivity index (χ3v) is 2.85. The first-order valence-corrected chi connectivity index (χ1v) is 5.23. The Morgan fingerprint density at radius 3 is 2.75 bits per heavy atom. The first kappa shape index (κ1) is 11.0. The Hall–Kier alpha value is -1.49. The quantitative estimate of drug-likeness (QED) is 0.757. The molecule has 2 rings (SSSR count). The summed E-state index contributed by atoms with van der Waals surface area (Å²) in [4.78, 5) is 23.0. The van der Waals surface area contributed by atoms with Crippen molar-refractivity contribution in [2.24, 2.45) is 0 Å². The van der Waals surface area contributed by atoms with Crippen molar-refractivity contribution in [3.05, 3.63) is 44.5 Å². The van der Waals surface area contributed by atoms with Crippen molar-refractivity contribution in [1.29, 1.82) is 0 Å². The minimum atomic E-state index is -0.665. The monoisotopic (exact) mass is 284 g/mol. The zero-order valence-corrected chi connectivity index (χ0v) is 9.80. The van der Waals surface area contributed by atoms with E-state index in [1.165, 1.54) is 25.1 Å². The van der Waals surface area contributed by atoms with E-state index >= 15 is 0 Å². The summed E-state index contributed by atoms with van der Waals surface area (Å²) < 4.78 is 18.5. The van der Waals surface area contributed by atoms with Gasteiger partial charge >= 0.3 is 0 Å². The second-order valence-electron chi connectivity index (χ2n) is 3.24. The van der Waals surface area contributed by atoms with E-state index in [-0.39, 0.29) is 21.2 Å². The summed E-state index contributed by atoms with van der Waals surface area (Å²) >= 11 is 2.94. The van der Waals surface area contributed by atoms with Gasteiger partial charge < -0.3 is 4.42 Å². The molecule has 82 valence electrons. The van der Waals surface area contributed by atoms with Gasteiger partial charge in [0, 0.05) is 6.92 Å². The molecular formula is C11H6BrFO3. The van der Waals surface area contributed by atoms with Crippen molar-refractivity contribution in [2.75, 3.05) is 0 Å². The Labute approximate surface area is 98.0 Å². The summed E-state index contributed by atoms with van der Waals surface area (Å²) in [7, 11) is 0. The van der Waals surface area contributed by atoms with Gasteiger partial charge in [0.2, 0.25) is 5.43 Å². The van der Waals surface area contributed by atoms with Gasteiger partial charge in [0.1, 0.15) is 21.3 Å². The number of rotatable bonds is 1. The first-order chi connectivity index (χ1) is 7.52. The van der Waals surface area contributed by atoms with Crippen LogP contribution in [-0.2, 0) is 0 Å². The lowest BCUT2D eigenvalue weighted by Gasteiger charge is -2.02. The van der Waals surface area contributed by atoms with Gasteiger partial charge in [-0.15, -0.1) is 0 Å². The van der Waals surface area contributed by atoms with Gasteiger partial charge in [-0.3, -0.25) is 9.59 Å². The summed E-state index contributed by atoms with van der Waals surface area (Å²) in [5.74, 6) is -1.15. The van der Waals surface area contributed by atoms with Crippen LogP contribution < -0.4 is 5.43 Å². The standard InChI is InChI=1S/C11H6BrFO3/c1-5(14)11-9(12)10(15)8-6(13)3-2-4-7(8)16-11/h2-4H,1H3. The average molecular weight is 285 g/mol. The van der Waals surface area contributed by atoms with Crippen molar-refractivity contribution in [2.45, 2.75) is 6.92 Å². The molecule has 0 aliphatic carbocycles. The highest BCUT2D eigenvalue weighted by Crippen LogP contribution is 2.21. The topological polar surface area (TPSA) is 47.3 Å². The zero-order valence-electron chi connectivity index (χ0n) is 8.21. The van der Waals surface area contributed by atoms with Crippen molar-refractivity contribution in [1.82, 2.24) is 0 Å². The molecule has 0 amide bonds. The van der Waals surface area contributed by atoms with Gasteiger partial charge in [0.25, 0.3) is 0 Å². The number of benzene rings is 1. The largest absolute Gasteiger partial charge is 0.451 e. The van der Waals surface area contributed by atoms with Crippen LogP contribution in [0.5, 0.6) is 0 Å². The summed E-state index contributed by atoms with van der Waals surface area (Å²) in [5, 5.41) is -0.153. The summed E-state index contributed by atoms with van der Waals surface area (Å²) in [6.07, 6.45) is 0. The molecule has 0 atom stereocenters. The smallest absolute Gasteiger partial charge is 0.210 e. The molecule has 0 bridgehead atoms. The number of Topliss-reactive ketones (excluding diaryl/α,β-unsaturated/α-hetero) is 1. The molecule has 0 aliphatic rings. The number of halogens is 2. The van der Waals surface area contributed by atoms with Gasteiger partial charge in [-0.1, -0.05) is 6.07 Å². The highest BCUT2D eigenvalue weighted by atomic mass is 79.9. The lowest BCUT2D eigenvalue weighted by Crippen LogP contribution is -2.10. The third-order valence-electron chi connectivity index (χ3n) is 2.13. The molecule has 1 aromatic carbocycles. The zero-order chi connectivity index (χ0) is 11.9. The average Bonchev–Trinajstić information content (AvgIpc) is 2.22. The maximum absolute atomic E-state index is 13.4. The molecule has 3 nitrogen and oxygen atoms in total. The number of carbonyl (C=O) groups excluding carboxylic acids is 1. The molecule has 1 aromatic heterocycles. The van der Waals surface area contributed by atoms with Crippen molar-refractivity contribution in [3.63, 3.8) is 0 Å². The van der Waals surface area contributed by atoms with E-state index in [1.807, 2.05) is 0 Å². The highest BCUT2D eigenvalue weighted by Gasteiger charge is 2.17. The van der Waals surface area contributed by atoms with Gasteiger partial charge in [0.15, 0.2) is 11.5 Å². The van der Waals surface area contributed by atoms with Gasteiger partial charge in [-0.2, -0.15) is 0 Å². The fraction of sp³-hybridized carbons (Fsp3) is 0.0909.